The molecule has 2 aromatic rings. The molecule has 1 aromatic carbocycles. The van der Waals surface area contributed by atoms with Gasteiger partial charge >= 0.3 is 0 Å². The highest BCUT2D eigenvalue weighted by Crippen LogP contribution is 2.13. The van der Waals surface area contributed by atoms with Gasteiger partial charge < -0.3 is 10.1 Å². The minimum Gasteiger partial charge on any atom is -0.343 e. The van der Waals surface area contributed by atoms with Gasteiger partial charge in [0.1, 0.15) is 6.29 Å². The van der Waals surface area contributed by atoms with E-state index in [0.29, 0.717) is 17.9 Å². The maximum absolute atomic E-state index is 12.5. The summed E-state index contributed by atoms with van der Waals surface area (Å²) in [6.45, 7) is 4.04. The van der Waals surface area contributed by atoms with Gasteiger partial charge in [-0.3, -0.25) is 9.78 Å². The molecule has 0 aliphatic heterocycles. The van der Waals surface area contributed by atoms with E-state index in [-0.39, 0.29) is 18.3 Å². The molecule has 2 rings (SSSR count). The summed E-state index contributed by atoms with van der Waals surface area (Å²) in [7, 11) is 0. The SMILES string of the molecule is CC(C)CC(C=O)NC(=O)c1ccccc1C=Cc1ccccn1.Cl. The number of carbonyl (C=O) groups is 2. The minimum absolute atomic E-state index is 0. The number of pyridine rings is 1. The molecule has 1 N–H and O–H groups in total. The lowest BCUT2D eigenvalue weighted by atomic mass is 10.0. The Balaban J connectivity index is 0.00000312. The van der Waals surface area contributed by atoms with Crippen LogP contribution in [0.5, 0.6) is 0 Å². The minimum atomic E-state index is -0.467. The van der Waals surface area contributed by atoms with Gasteiger partial charge in [0.2, 0.25) is 0 Å². The number of nitrogens with zero attached hydrogens (tertiary/aromatic N) is 1. The third-order valence-electron chi connectivity index (χ3n) is 3.53. The first-order chi connectivity index (χ1) is 11.6. The van der Waals surface area contributed by atoms with E-state index in [1.165, 1.54) is 0 Å². The number of carbonyl (C=O) groups excluding carboxylic acids is 2. The van der Waals surface area contributed by atoms with Crippen molar-refractivity contribution >= 4 is 36.8 Å². The monoisotopic (exact) mass is 358 g/mol. The maximum Gasteiger partial charge on any atom is 0.252 e. The molecule has 1 atom stereocenters. The number of nitrogens with one attached hydrogen (secondary N) is 1. The molecular weight excluding hydrogens is 336 g/mol. The van der Waals surface area contributed by atoms with Crippen LogP contribution in [0.4, 0.5) is 0 Å². The van der Waals surface area contributed by atoms with Gasteiger partial charge in [-0.05, 0) is 42.2 Å². The average molecular weight is 359 g/mol. The molecule has 1 unspecified atom stereocenters. The van der Waals surface area contributed by atoms with Crippen LogP contribution in [-0.2, 0) is 4.79 Å². The van der Waals surface area contributed by atoms with E-state index in [1.807, 2.05) is 62.4 Å². The Labute approximate surface area is 154 Å². The van der Waals surface area contributed by atoms with Crippen LogP contribution in [0, 0.1) is 5.92 Å². The third-order valence-corrected chi connectivity index (χ3v) is 3.53. The number of hydrogen-bond donors (Lipinski definition) is 1. The molecule has 1 amide bonds. The second-order valence-electron chi connectivity index (χ2n) is 6.02. The number of aldehydes is 1. The summed E-state index contributed by atoms with van der Waals surface area (Å²) >= 11 is 0. The molecule has 0 saturated heterocycles. The number of aromatic nitrogens is 1. The number of amides is 1. The predicted octanol–water partition coefficient (Wildman–Crippen LogP) is 4.02. The molecule has 25 heavy (non-hydrogen) atoms. The normalized spacial score (nSPS) is 11.8. The molecular formula is C20H23ClN2O2. The molecule has 1 heterocycles. The molecule has 0 aliphatic rings. The molecule has 0 bridgehead atoms. The molecule has 132 valence electrons. The lowest BCUT2D eigenvalue weighted by Gasteiger charge is -2.15. The Hall–Kier alpha value is -2.46. The van der Waals surface area contributed by atoms with Crippen molar-refractivity contribution in [1.29, 1.82) is 0 Å². The highest BCUT2D eigenvalue weighted by Gasteiger charge is 2.15. The summed E-state index contributed by atoms with van der Waals surface area (Å²) in [6.07, 6.45) is 6.86. The van der Waals surface area contributed by atoms with E-state index in [1.54, 1.807) is 12.3 Å². The van der Waals surface area contributed by atoms with Crippen molar-refractivity contribution in [2.45, 2.75) is 26.3 Å². The van der Waals surface area contributed by atoms with E-state index in [0.717, 1.165) is 17.5 Å². The van der Waals surface area contributed by atoms with E-state index >= 15 is 0 Å². The largest absolute Gasteiger partial charge is 0.343 e. The van der Waals surface area contributed by atoms with Crippen molar-refractivity contribution in [3.63, 3.8) is 0 Å². The van der Waals surface area contributed by atoms with E-state index in [2.05, 4.69) is 10.3 Å². The molecule has 0 fully saturated rings. The van der Waals surface area contributed by atoms with Crippen molar-refractivity contribution in [2.75, 3.05) is 0 Å². The number of halogens is 1. The van der Waals surface area contributed by atoms with Crippen LogP contribution in [0.1, 0.15) is 41.9 Å². The van der Waals surface area contributed by atoms with Crippen LogP contribution >= 0.6 is 12.4 Å². The zero-order valence-corrected chi connectivity index (χ0v) is 15.2. The Morgan fingerprint density at radius 2 is 1.84 bits per heavy atom. The van der Waals surface area contributed by atoms with Crippen LogP contribution in [0.25, 0.3) is 12.2 Å². The van der Waals surface area contributed by atoms with Gasteiger partial charge in [-0.15, -0.1) is 12.4 Å². The van der Waals surface area contributed by atoms with Gasteiger partial charge in [0.05, 0.1) is 11.7 Å². The summed E-state index contributed by atoms with van der Waals surface area (Å²) in [6, 6.07) is 12.5. The van der Waals surface area contributed by atoms with Gasteiger partial charge in [0.15, 0.2) is 0 Å². The lowest BCUT2D eigenvalue weighted by Crippen LogP contribution is -2.37. The third kappa shape index (κ3) is 6.51. The second kappa shape index (κ2) is 10.4. The molecule has 0 saturated carbocycles. The Kier molecular flexibility index (Phi) is 8.57. The summed E-state index contributed by atoms with van der Waals surface area (Å²) < 4.78 is 0. The van der Waals surface area contributed by atoms with Crippen LogP contribution in [0.3, 0.4) is 0 Å². The lowest BCUT2D eigenvalue weighted by molar-refractivity contribution is -0.109. The summed E-state index contributed by atoms with van der Waals surface area (Å²) in [5.41, 5.74) is 2.15. The van der Waals surface area contributed by atoms with E-state index in [9.17, 15) is 9.59 Å². The van der Waals surface area contributed by atoms with Crippen molar-refractivity contribution in [3.05, 3.63) is 65.5 Å². The summed E-state index contributed by atoms with van der Waals surface area (Å²) in [5.74, 6) is 0.0915. The molecule has 5 heteroatoms. The molecule has 0 radical (unpaired) electrons. The Morgan fingerprint density at radius 3 is 2.48 bits per heavy atom. The fourth-order valence-electron chi connectivity index (χ4n) is 2.40. The van der Waals surface area contributed by atoms with Crippen molar-refractivity contribution in [3.8, 4) is 0 Å². The first-order valence-corrected chi connectivity index (χ1v) is 8.04. The second-order valence-corrected chi connectivity index (χ2v) is 6.02. The first-order valence-electron chi connectivity index (χ1n) is 8.04. The zero-order valence-electron chi connectivity index (χ0n) is 14.4. The zero-order chi connectivity index (χ0) is 17.4. The highest BCUT2D eigenvalue weighted by molar-refractivity contribution is 5.99. The van der Waals surface area contributed by atoms with Gasteiger partial charge in [-0.2, -0.15) is 0 Å². The van der Waals surface area contributed by atoms with Gasteiger partial charge in [0.25, 0.3) is 5.91 Å². The van der Waals surface area contributed by atoms with Crippen LogP contribution in [0.15, 0.2) is 48.7 Å². The topological polar surface area (TPSA) is 59.1 Å². The van der Waals surface area contributed by atoms with Crippen molar-refractivity contribution < 1.29 is 9.59 Å². The molecule has 4 nitrogen and oxygen atoms in total. The van der Waals surface area contributed by atoms with Gasteiger partial charge in [-0.1, -0.05) is 44.2 Å². The fraction of sp³-hybridized carbons (Fsp3) is 0.250. The van der Waals surface area contributed by atoms with E-state index < -0.39 is 6.04 Å². The van der Waals surface area contributed by atoms with Gasteiger partial charge in [-0.25, -0.2) is 0 Å². The summed E-state index contributed by atoms with van der Waals surface area (Å²) in [4.78, 5) is 27.9. The Morgan fingerprint density at radius 1 is 1.12 bits per heavy atom. The quantitative estimate of drug-likeness (QED) is 0.760. The molecule has 1 aromatic heterocycles. The molecule has 0 aliphatic carbocycles. The average Bonchev–Trinajstić information content (AvgIpc) is 2.60. The van der Waals surface area contributed by atoms with Crippen molar-refractivity contribution in [1.82, 2.24) is 10.3 Å². The highest BCUT2D eigenvalue weighted by atomic mass is 35.5. The Bertz CT molecular complexity index is 715. The maximum atomic E-state index is 12.5. The first kappa shape index (κ1) is 20.6. The fourth-order valence-corrected chi connectivity index (χ4v) is 2.40. The number of benzene rings is 1. The van der Waals surface area contributed by atoms with E-state index in [4.69, 9.17) is 0 Å². The summed E-state index contributed by atoms with van der Waals surface area (Å²) in [5, 5.41) is 2.80. The molecule has 0 spiro atoms. The number of hydrogen-bond acceptors (Lipinski definition) is 3. The van der Waals surface area contributed by atoms with Crippen LogP contribution in [-0.4, -0.2) is 23.2 Å². The van der Waals surface area contributed by atoms with Gasteiger partial charge in [0, 0.05) is 11.8 Å². The van der Waals surface area contributed by atoms with Crippen LogP contribution < -0.4 is 5.32 Å². The predicted molar refractivity (Wildman–Crippen MR) is 104 cm³/mol. The standard InChI is InChI=1S/C20H22N2O2.ClH/c1-15(2)13-18(14-23)22-20(24)19-9-4-3-7-16(19)10-11-17-8-5-6-12-21-17;/h3-12,14-15,18H,13H2,1-2H3,(H,22,24);1H. The van der Waals surface area contributed by atoms with Crippen molar-refractivity contribution in [2.24, 2.45) is 5.92 Å². The smallest absolute Gasteiger partial charge is 0.252 e. The number of rotatable bonds is 7. The van der Waals surface area contributed by atoms with Crippen LogP contribution in [0.2, 0.25) is 0 Å².